The highest BCUT2D eigenvalue weighted by Gasteiger charge is 2.25. The summed E-state index contributed by atoms with van der Waals surface area (Å²) in [6, 6.07) is 0.243. The molecule has 3 N–H and O–H groups in total. The summed E-state index contributed by atoms with van der Waals surface area (Å²) in [6.07, 6.45) is 7.75. The quantitative estimate of drug-likeness (QED) is 0.540. The molecule has 1 saturated heterocycles. The summed E-state index contributed by atoms with van der Waals surface area (Å²) in [5.41, 5.74) is 1.49. The molecule has 3 heteroatoms. The number of hydrogen-bond acceptors (Lipinski definition) is 3. The van der Waals surface area contributed by atoms with Crippen LogP contribution in [0, 0.1) is 0 Å². The van der Waals surface area contributed by atoms with Gasteiger partial charge in [-0.1, -0.05) is 6.08 Å². The van der Waals surface area contributed by atoms with Crippen LogP contribution in [0.3, 0.4) is 0 Å². The Kier molecular flexibility index (Phi) is 2.98. The van der Waals surface area contributed by atoms with Crippen molar-refractivity contribution in [1.82, 2.24) is 10.6 Å². The fourth-order valence-corrected chi connectivity index (χ4v) is 2.09. The van der Waals surface area contributed by atoms with E-state index in [0.29, 0.717) is 6.17 Å². The minimum Gasteiger partial charge on any atom is -0.395 e. The number of aliphatic hydroxyl groups excluding tert-OH is 1. The fraction of sp³-hybridized carbons (Fsp3) is 0.800. The first-order valence-corrected chi connectivity index (χ1v) is 5.19. The summed E-state index contributed by atoms with van der Waals surface area (Å²) in [4.78, 5) is 0. The van der Waals surface area contributed by atoms with Crippen molar-refractivity contribution in [2.24, 2.45) is 0 Å². The standard InChI is InChI=1S/C10H18N2O/c13-7-9-6-11-10(12-9)8-4-2-1-3-5-8/h4,9-13H,1-3,5-7H2. The van der Waals surface area contributed by atoms with Gasteiger partial charge in [0.05, 0.1) is 12.8 Å². The lowest BCUT2D eigenvalue weighted by molar-refractivity contribution is 0.258. The first kappa shape index (κ1) is 9.19. The van der Waals surface area contributed by atoms with Gasteiger partial charge in [-0.15, -0.1) is 0 Å². The van der Waals surface area contributed by atoms with E-state index in [2.05, 4.69) is 16.7 Å². The second-order valence-electron chi connectivity index (χ2n) is 3.91. The average Bonchev–Trinajstić information content (AvgIpc) is 2.67. The van der Waals surface area contributed by atoms with Crippen LogP contribution < -0.4 is 10.6 Å². The van der Waals surface area contributed by atoms with E-state index in [1.807, 2.05) is 0 Å². The Morgan fingerprint density at radius 3 is 3.00 bits per heavy atom. The Balaban J connectivity index is 1.91. The summed E-state index contributed by atoms with van der Waals surface area (Å²) in [7, 11) is 0. The molecular weight excluding hydrogens is 164 g/mol. The molecule has 0 spiro atoms. The number of aliphatic hydroxyl groups is 1. The van der Waals surface area contributed by atoms with Gasteiger partial charge in [0.15, 0.2) is 0 Å². The van der Waals surface area contributed by atoms with E-state index in [4.69, 9.17) is 5.11 Å². The maximum absolute atomic E-state index is 8.96. The van der Waals surface area contributed by atoms with Gasteiger partial charge < -0.3 is 5.11 Å². The number of rotatable bonds is 2. The topological polar surface area (TPSA) is 44.3 Å². The van der Waals surface area contributed by atoms with E-state index >= 15 is 0 Å². The molecule has 2 rings (SSSR count). The second kappa shape index (κ2) is 4.22. The lowest BCUT2D eigenvalue weighted by Gasteiger charge is -2.19. The molecule has 0 saturated carbocycles. The Hall–Kier alpha value is -0.380. The Morgan fingerprint density at radius 1 is 1.46 bits per heavy atom. The van der Waals surface area contributed by atoms with Crippen molar-refractivity contribution >= 4 is 0 Å². The van der Waals surface area contributed by atoms with Crippen molar-refractivity contribution < 1.29 is 5.11 Å². The van der Waals surface area contributed by atoms with Crippen LogP contribution in [0.4, 0.5) is 0 Å². The molecule has 2 atom stereocenters. The minimum atomic E-state index is 0.233. The number of hydrogen-bond donors (Lipinski definition) is 3. The Morgan fingerprint density at radius 2 is 2.38 bits per heavy atom. The van der Waals surface area contributed by atoms with Crippen molar-refractivity contribution in [3.8, 4) is 0 Å². The third-order valence-electron chi connectivity index (χ3n) is 2.89. The highest BCUT2D eigenvalue weighted by molar-refractivity contribution is 5.14. The zero-order chi connectivity index (χ0) is 9.10. The molecule has 1 aliphatic heterocycles. The van der Waals surface area contributed by atoms with Crippen LogP contribution >= 0.6 is 0 Å². The molecule has 1 fully saturated rings. The maximum Gasteiger partial charge on any atom is 0.0798 e. The van der Waals surface area contributed by atoms with Crippen LogP contribution in [0.5, 0.6) is 0 Å². The molecule has 0 radical (unpaired) electrons. The van der Waals surface area contributed by atoms with Crippen LogP contribution in [0.25, 0.3) is 0 Å². The summed E-state index contributed by atoms with van der Waals surface area (Å²) in [6.45, 7) is 1.12. The van der Waals surface area contributed by atoms with Crippen LogP contribution in [0.15, 0.2) is 11.6 Å². The van der Waals surface area contributed by atoms with Gasteiger partial charge in [-0.05, 0) is 31.3 Å². The zero-order valence-electron chi connectivity index (χ0n) is 7.92. The first-order chi connectivity index (χ1) is 6.40. The minimum absolute atomic E-state index is 0.233. The Bertz CT molecular complexity index is 203. The van der Waals surface area contributed by atoms with E-state index in [0.717, 1.165) is 6.54 Å². The first-order valence-electron chi connectivity index (χ1n) is 5.19. The Labute approximate surface area is 79.2 Å². The average molecular weight is 182 g/mol. The predicted molar refractivity (Wildman–Crippen MR) is 52.4 cm³/mol. The second-order valence-corrected chi connectivity index (χ2v) is 3.91. The normalized spacial score (nSPS) is 34.7. The van der Waals surface area contributed by atoms with Crippen LogP contribution in [0.2, 0.25) is 0 Å². The molecule has 1 heterocycles. The predicted octanol–water partition coefficient (Wildman–Crippen LogP) is 0.367. The summed E-state index contributed by atoms with van der Waals surface area (Å²) in [5.74, 6) is 0. The molecule has 0 amide bonds. The molecule has 0 aromatic rings. The monoisotopic (exact) mass is 182 g/mol. The van der Waals surface area contributed by atoms with Gasteiger partial charge in [-0.25, -0.2) is 0 Å². The third-order valence-corrected chi connectivity index (χ3v) is 2.89. The number of nitrogens with one attached hydrogen (secondary N) is 2. The highest BCUT2D eigenvalue weighted by atomic mass is 16.3. The van der Waals surface area contributed by atoms with Crippen molar-refractivity contribution in [3.05, 3.63) is 11.6 Å². The fourth-order valence-electron chi connectivity index (χ4n) is 2.09. The van der Waals surface area contributed by atoms with Gasteiger partial charge in [0.1, 0.15) is 0 Å². The summed E-state index contributed by atoms with van der Waals surface area (Å²) >= 11 is 0. The van der Waals surface area contributed by atoms with Crippen molar-refractivity contribution in [3.63, 3.8) is 0 Å². The molecule has 74 valence electrons. The van der Waals surface area contributed by atoms with Crippen LogP contribution in [-0.2, 0) is 0 Å². The van der Waals surface area contributed by atoms with E-state index in [1.54, 1.807) is 0 Å². The lowest BCUT2D eigenvalue weighted by Crippen LogP contribution is -2.36. The molecule has 0 aromatic carbocycles. The highest BCUT2D eigenvalue weighted by Crippen LogP contribution is 2.20. The van der Waals surface area contributed by atoms with Gasteiger partial charge in [0.25, 0.3) is 0 Å². The molecule has 2 aliphatic rings. The molecule has 0 bridgehead atoms. The van der Waals surface area contributed by atoms with Crippen molar-refractivity contribution in [2.45, 2.75) is 37.9 Å². The lowest BCUT2D eigenvalue weighted by atomic mass is 9.98. The molecule has 2 unspecified atom stereocenters. The zero-order valence-corrected chi connectivity index (χ0v) is 7.92. The molecule has 13 heavy (non-hydrogen) atoms. The van der Waals surface area contributed by atoms with Crippen molar-refractivity contribution in [1.29, 1.82) is 0 Å². The van der Waals surface area contributed by atoms with Gasteiger partial charge in [-0.3, -0.25) is 10.6 Å². The number of allylic oxidation sites excluding steroid dienone is 1. The molecule has 0 aromatic heterocycles. The van der Waals surface area contributed by atoms with Gasteiger partial charge in [-0.2, -0.15) is 0 Å². The molecule has 1 aliphatic carbocycles. The van der Waals surface area contributed by atoms with Crippen LogP contribution in [0.1, 0.15) is 25.7 Å². The summed E-state index contributed by atoms with van der Waals surface area (Å²) < 4.78 is 0. The van der Waals surface area contributed by atoms with Gasteiger partial charge in [0.2, 0.25) is 0 Å². The smallest absolute Gasteiger partial charge is 0.0798 e. The van der Waals surface area contributed by atoms with E-state index < -0.39 is 0 Å². The summed E-state index contributed by atoms with van der Waals surface area (Å²) in [5, 5.41) is 15.7. The molecule has 3 nitrogen and oxygen atoms in total. The third kappa shape index (κ3) is 2.10. The molecular formula is C10H18N2O. The van der Waals surface area contributed by atoms with Gasteiger partial charge >= 0.3 is 0 Å². The van der Waals surface area contributed by atoms with E-state index in [-0.39, 0.29) is 12.6 Å². The largest absolute Gasteiger partial charge is 0.395 e. The van der Waals surface area contributed by atoms with Gasteiger partial charge in [0, 0.05) is 12.6 Å². The van der Waals surface area contributed by atoms with E-state index in [9.17, 15) is 0 Å². The van der Waals surface area contributed by atoms with E-state index in [1.165, 1.54) is 31.3 Å². The SMILES string of the molecule is OCC1CNC(C2=CCCCC2)N1. The van der Waals surface area contributed by atoms with Crippen molar-refractivity contribution in [2.75, 3.05) is 13.2 Å². The van der Waals surface area contributed by atoms with Crippen LogP contribution in [-0.4, -0.2) is 30.5 Å². The maximum atomic E-state index is 8.96.